The van der Waals surface area contributed by atoms with Crippen molar-refractivity contribution >= 4 is 28.6 Å². The van der Waals surface area contributed by atoms with Crippen LogP contribution in [0.4, 0.5) is 0 Å². The van der Waals surface area contributed by atoms with Gasteiger partial charge in [0.2, 0.25) is 5.91 Å². The topological polar surface area (TPSA) is 66.2 Å². The van der Waals surface area contributed by atoms with Crippen molar-refractivity contribution in [3.8, 4) is 11.8 Å². The molecule has 23 heavy (non-hydrogen) atoms. The number of fused-ring (bicyclic) bond motifs is 1. The highest BCUT2D eigenvalue weighted by molar-refractivity contribution is 8.00. The molecule has 0 unspecified atom stereocenters. The molecule has 0 spiro atoms. The first kappa shape index (κ1) is 17.1. The summed E-state index contributed by atoms with van der Waals surface area (Å²) in [7, 11) is 1.60. The van der Waals surface area contributed by atoms with Crippen LogP contribution in [0.25, 0.3) is 10.9 Å². The van der Waals surface area contributed by atoms with E-state index in [-0.39, 0.29) is 11.7 Å². The van der Waals surface area contributed by atoms with Gasteiger partial charge in [-0.15, -0.1) is 0 Å². The molecule has 0 saturated carbocycles. The second-order valence-electron chi connectivity index (χ2n) is 4.87. The number of hydrogen-bond acceptors (Lipinski definition) is 5. The quantitative estimate of drug-likeness (QED) is 0.762. The highest BCUT2D eigenvalue weighted by atomic mass is 32.2. The van der Waals surface area contributed by atoms with Gasteiger partial charge < -0.3 is 9.64 Å². The molecule has 2 rings (SSSR count). The van der Waals surface area contributed by atoms with Crippen molar-refractivity contribution in [2.45, 2.75) is 18.9 Å². The Morgan fingerprint density at radius 1 is 1.35 bits per heavy atom. The van der Waals surface area contributed by atoms with E-state index in [9.17, 15) is 10.1 Å². The van der Waals surface area contributed by atoms with E-state index in [4.69, 9.17) is 4.74 Å². The number of carbonyl (C=O) groups is 1. The third-order valence-corrected chi connectivity index (χ3v) is 4.53. The summed E-state index contributed by atoms with van der Waals surface area (Å²) in [5.74, 6) is 1.06. The third-order valence-electron chi connectivity index (χ3n) is 3.56. The number of rotatable bonds is 6. The number of nitriles is 1. The van der Waals surface area contributed by atoms with Crippen LogP contribution in [0.1, 0.15) is 19.4 Å². The summed E-state index contributed by atoms with van der Waals surface area (Å²) >= 11 is 1.31. The summed E-state index contributed by atoms with van der Waals surface area (Å²) in [6.45, 7) is 5.28. The number of ether oxygens (including phenoxy) is 1. The first-order valence-corrected chi connectivity index (χ1v) is 8.40. The molecule has 1 amide bonds. The normalized spacial score (nSPS) is 10.3. The van der Waals surface area contributed by atoms with E-state index in [2.05, 4.69) is 11.1 Å². The Morgan fingerprint density at radius 2 is 2.09 bits per heavy atom. The van der Waals surface area contributed by atoms with Gasteiger partial charge in [0, 0.05) is 18.5 Å². The molecule has 0 saturated heterocycles. The fourth-order valence-electron chi connectivity index (χ4n) is 2.25. The molecule has 0 aliphatic carbocycles. The molecule has 0 aliphatic rings. The Kier molecular flexibility index (Phi) is 5.83. The smallest absolute Gasteiger partial charge is 0.232 e. The molecule has 0 bridgehead atoms. The SMILES string of the molecule is CCN(CC)C(=O)CSc1nc2ccc(OC)cc2cc1C#N. The van der Waals surface area contributed by atoms with Gasteiger partial charge in [-0.25, -0.2) is 4.98 Å². The number of thioether (sulfide) groups is 1. The number of pyridine rings is 1. The Labute approximate surface area is 140 Å². The molecular formula is C17H19N3O2S. The minimum atomic E-state index is 0.0560. The Morgan fingerprint density at radius 3 is 2.70 bits per heavy atom. The van der Waals surface area contributed by atoms with Gasteiger partial charge in [0.25, 0.3) is 0 Å². The van der Waals surface area contributed by atoms with E-state index in [0.29, 0.717) is 23.7 Å². The number of nitrogens with zero attached hydrogens (tertiary/aromatic N) is 3. The summed E-state index contributed by atoms with van der Waals surface area (Å²) in [5, 5.41) is 10.8. The molecule has 1 heterocycles. The minimum Gasteiger partial charge on any atom is -0.497 e. The summed E-state index contributed by atoms with van der Waals surface area (Å²) < 4.78 is 5.19. The summed E-state index contributed by atoms with van der Waals surface area (Å²) in [4.78, 5) is 18.4. The largest absolute Gasteiger partial charge is 0.497 e. The van der Waals surface area contributed by atoms with Crippen molar-refractivity contribution in [3.05, 3.63) is 29.8 Å². The van der Waals surface area contributed by atoms with Crippen LogP contribution < -0.4 is 4.74 Å². The number of amides is 1. The van der Waals surface area contributed by atoms with E-state index in [1.807, 2.05) is 32.0 Å². The minimum absolute atomic E-state index is 0.0560. The van der Waals surface area contributed by atoms with Crippen LogP contribution in [-0.2, 0) is 4.79 Å². The average molecular weight is 329 g/mol. The standard InChI is InChI=1S/C17H19N3O2S/c1-4-20(5-2)16(21)11-23-17-13(10-18)8-12-9-14(22-3)6-7-15(12)19-17/h6-9H,4-5,11H2,1-3H3. The zero-order valence-electron chi connectivity index (χ0n) is 13.5. The Bertz CT molecular complexity index is 751. The first-order chi connectivity index (χ1) is 11.1. The molecule has 6 heteroatoms. The number of carbonyl (C=O) groups excluding carboxylic acids is 1. The van der Waals surface area contributed by atoms with Crippen LogP contribution in [0.3, 0.4) is 0 Å². The second kappa shape index (κ2) is 7.84. The molecule has 0 atom stereocenters. The van der Waals surface area contributed by atoms with Gasteiger partial charge in [-0.3, -0.25) is 4.79 Å². The van der Waals surface area contributed by atoms with E-state index in [1.165, 1.54) is 11.8 Å². The lowest BCUT2D eigenvalue weighted by Gasteiger charge is -2.18. The number of benzene rings is 1. The first-order valence-electron chi connectivity index (χ1n) is 7.42. The fourth-order valence-corrected chi connectivity index (χ4v) is 3.12. The molecule has 120 valence electrons. The highest BCUT2D eigenvalue weighted by Gasteiger charge is 2.13. The maximum absolute atomic E-state index is 12.1. The van der Waals surface area contributed by atoms with E-state index in [1.54, 1.807) is 18.1 Å². The van der Waals surface area contributed by atoms with Crippen molar-refractivity contribution in [1.29, 1.82) is 5.26 Å². The molecule has 5 nitrogen and oxygen atoms in total. The van der Waals surface area contributed by atoms with Crippen molar-refractivity contribution in [2.24, 2.45) is 0 Å². The van der Waals surface area contributed by atoms with Crippen LogP contribution >= 0.6 is 11.8 Å². The molecule has 0 radical (unpaired) electrons. The zero-order chi connectivity index (χ0) is 16.8. The van der Waals surface area contributed by atoms with Gasteiger partial charge in [-0.1, -0.05) is 11.8 Å². The van der Waals surface area contributed by atoms with Crippen LogP contribution in [0.15, 0.2) is 29.3 Å². The molecule has 1 aromatic carbocycles. The summed E-state index contributed by atoms with van der Waals surface area (Å²) in [6.07, 6.45) is 0. The summed E-state index contributed by atoms with van der Waals surface area (Å²) in [6, 6.07) is 9.47. The average Bonchev–Trinajstić information content (AvgIpc) is 2.59. The maximum Gasteiger partial charge on any atom is 0.232 e. The van der Waals surface area contributed by atoms with E-state index in [0.717, 1.165) is 16.7 Å². The molecule has 1 aromatic heterocycles. The van der Waals surface area contributed by atoms with Gasteiger partial charge in [0.05, 0.1) is 23.9 Å². The summed E-state index contributed by atoms with van der Waals surface area (Å²) in [5.41, 5.74) is 1.26. The van der Waals surface area contributed by atoms with Gasteiger partial charge in [0.1, 0.15) is 16.8 Å². The van der Waals surface area contributed by atoms with Crippen LogP contribution in [0.2, 0.25) is 0 Å². The van der Waals surface area contributed by atoms with Crippen molar-refractivity contribution in [1.82, 2.24) is 9.88 Å². The third kappa shape index (κ3) is 3.93. The van der Waals surface area contributed by atoms with Crippen molar-refractivity contribution in [3.63, 3.8) is 0 Å². The Hall–Kier alpha value is -2.26. The van der Waals surface area contributed by atoms with E-state index >= 15 is 0 Å². The molecular weight excluding hydrogens is 310 g/mol. The van der Waals surface area contributed by atoms with Gasteiger partial charge >= 0.3 is 0 Å². The van der Waals surface area contributed by atoms with Crippen LogP contribution in [0.5, 0.6) is 5.75 Å². The predicted octanol–water partition coefficient (Wildman–Crippen LogP) is 3.08. The highest BCUT2D eigenvalue weighted by Crippen LogP contribution is 2.27. The number of hydrogen-bond donors (Lipinski definition) is 0. The van der Waals surface area contributed by atoms with Crippen molar-refractivity contribution < 1.29 is 9.53 Å². The van der Waals surface area contributed by atoms with Crippen LogP contribution in [-0.4, -0.2) is 41.7 Å². The zero-order valence-corrected chi connectivity index (χ0v) is 14.3. The van der Waals surface area contributed by atoms with E-state index < -0.39 is 0 Å². The second-order valence-corrected chi connectivity index (χ2v) is 5.83. The van der Waals surface area contributed by atoms with Gasteiger partial charge in [-0.2, -0.15) is 5.26 Å². The predicted molar refractivity (Wildman–Crippen MR) is 91.7 cm³/mol. The van der Waals surface area contributed by atoms with Crippen molar-refractivity contribution in [2.75, 3.05) is 26.0 Å². The molecule has 0 fully saturated rings. The van der Waals surface area contributed by atoms with Gasteiger partial charge in [0.15, 0.2) is 0 Å². The van der Waals surface area contributed by atoms with Gasteiger partial charge in [-0.05, 0) is 38.1 Å². The lowest BCUT2D eigenvalue weighted by Crippen LogP contribution is -2.31. The lowest BCUT2D eigenvalue weighted by atomic mass is 10.1. The van der Waals surface area contributed by atoms with Crippen LogP contribution in [0, 0.1) is 11.3 Å². The monoisotopic (exact) mass is 329 g/mol. The number of aromatic nitrogens is 1. The molecule has 0 N–H and O–H groups in total. The fraction of sp³-hybridized carbons (Fsp3) is 0.353. The maximum atomic E-state index is 12.1. The molecule has 0 aliphatic heterocycles. The Balaban J connectivity index is 2.26. The lowest BCUT2D eigenvalue weighted by molar-refractivity contribution is -0.127. The number of methoxy groups -OCH3 is 1. The molecule has 2 aromatic rings.